The summed E-state index contributed by atoms with van der Waals surface area (Å²) < 4.78 is 7.21. The number of benzene rings is 1. The van der Waals surface area contributed by atoms with Gasteiger partial charge in [-0.2, -0.15) is 0 Å². The van der Waals surface area contributed by atoms with Crippen molar-refractivity contribution in [3.05, 3.63) is 36.0 Å². The van der Waals surface area contributed by atoms with E-state index < -0.39 is 17.2 Å². The van der Waals surface area contributed by atoms with Gasteiger partial charge in [0, 0.05) is 18.8 Å². The molecule has 0 spiro atoms. The number of alkyl carbamates (subject to hydrolysis) is 1. The molecule has 1 atom stereocenters. The zero-order valence-corrected chi connectivity index (χ0v) is 13.6. The molecule has 0 aliphatic heterocycles. The summed E-state index contributed by atoms with van der Waals surface area (Å²) in [5.41, 5.74) is -0.0456. The summed E-state index contributed by atoms with van der Waals surface area (Å²) in [5.74, 6) is 0. The number of nitrogens with zero attached hydrogens (tertiary/aromatic N) is 1. The van der Waals surface area contributed by atoms with Crippen LogP contribution in [-0.4, -0.2) is 22.5 Å². The molecule has 2 aromatic rings. The van der Waals surface area contributed by atoms with Crippen molar-refractivity contribution in [3.8, 4) is 0 Å². The zero-order valence-electron chi connectivity index (χ0n) is 13.6. The van der Waals surface area contributed by atoms with E-state index in [-0.39, 0.29) is 0 Å². The lowest BCUT2D eigenvalue weighted by atomic mass is 9.93. The number of fused-ring (bicyclic) bond motifs is 1. The minimum absolute atomic E-state index is 0.615. The Balaban J connectivity index is 2.33. The van der Waals surface area contributed by atoms with Gasteiger partial charge in [0.05, 0.1) is 0 Å². The van der Waals surface area contributed by atoms with Gasteiger partial charge in [0.2, 0.25) is 0 Å². The van der Waals surface area contributed by atoms with Crippen LogP contribution in [0.5, 0.6) is 0 Å². The quantitative estimate of drug-likeness (QED) is 0.886. The molecule has 0 saturated carbocycles. The number of aryl methyl sites for hydroxylation is 1. The lowest BCUT2D eigenvalue weighted by Crippen LogP contribution is -2.46. The van der Waals surface area contributed by atoms with Crippen molar-refractivity contribution in [3.63, 3.8) is 0 Å². The number of rotatable bonds is 3. The number of aromatic nitrogens is 1. The van der Waals surface area contributed by atoms with E-state index in [4.69, 9.17) is 4.74 Å². The standard InChI is InChI=1S/C17H22N2O3/c1-16(2,3)22-15(21)18-17(4,11-20)13-7-6-12-8-9-19(5)14(12)10-13/h6-11H,1-5H3,(H,18,21). The van der Waals surface area contributed by atoms with E-state index in [9.17, 15) is 9.59 Å². The Hall–Kier alpha value is -2.30. The van der Waals surface area contributed by atoms with Crippen molar-refractivity contribution in [2.45, 2.75) is 38.8 Å². The smallest absolute Gasteiger partial charge is 0.408 e. The van der Waals surface area contributed by atoms with Crippen molar-refractivity contribution >= 4 is 23.3 Å². The van der Waals surface area contributed by atoms with Crippen LogP contribution in [0.2, 0.25) is 0 Å². The number of nitrogens with one attached hydrogen (secondary N) is 1. The zero-order chi connectivity index (χ0) is 16.5. The van der Waals surface area contributed by atoms with E-state index in [1.165, 1.54) is 0 Å². The maximum Gasteiger partial charge on any atom is 0.408 e. The predicted octanol–water partition coefficient (Wildman–Crippen LogP) is 3.12. The molecular weight excluding hydrogens is 280 g/mol. The van der Waals surface area contributed by atoms with Gasteiger partial charge in [-0.3, -0.25) is 0 Å². The maximum absolute atomic E-state index is 12.0. The summed E-state index contributed by atoms with van der Waals surface area (Å²) in [4.78, 5) is 23.6. The minimum Gasteiger partial charge on any atom is -0.444 e. The van der Waals surface area contributed by atoms with Crippen LogP contribution in [0, 0.1) is 0 Å². The van der Waals surface area contributed by atoms with Crippen LogP contribution in [0.4, 0.5) is 4.79 Å². The molecule has 0 aliphatic carbocycles. The van der Waals surface area contributed by atoms with Gasteiger partial charge >= 0.3 is 6.09 Å². The number of carbonyl (C=O) groups excluding carboxylic acids is 2. The van der Waals surface area contributed by atoms with Gasteiger partial charge in [-0.05, 0) is 50.8 Å². The van der Waals surface area contributed by atoms with E-state index in [1.54, 1.807) is 27.7 Å². The maximum atomic E-state index is 12.0. The molecule has 5 heteroatoms. The Bertz CT molecular complexity index is 712. The molecular formula is C17H22N2O3. The van der Waals surface area contributed by atoms with Gasteiger partial charge in [-0.25, -0.2) is 4.79 Å². The molecule has 1 amide bonds. The average molecular weight is 302 g/mol. The summed E-state index contributed by atoms with van der Waals surface area (Å²) in [5, 5.41) is 3.73. The Labute approximate surface area is 130 Å². The number of aldehydes is 1. The summed E-state index contributed by atoms with van der Waals surface area (Å²) in [6.45, 7) is 7.00. The van der Waals surface area contributed by atoms with E-state index in [0.29, 0.717) is 5.56 Å². The molecule has 0 saturated heterocycles. The van der Waals surface area contributed by atoms with Crippen LogP contribution in [0.3, 0.4) is 0 Å². The number of carbonyl (C=O) groups is 2. The topological polar surface area (TPSA) is 60.3 Å². The van der Waals surface area contributed by atoms with Gasteiger partial charge < -0.3 is 19.4 Å². The van der Waals surface area contributed by atoms with Crippen LogP contribution in [-0.2, 0) is 22.1 Å². The van der Waals surface area contributed by atoms with E-state index >= 15 is 0 Å². The molecule has 118 valence electrons. The summed E-state index contributed by atoms with van der Waals surface area (Å²) >= 11 is 0. The molecule has 0 radical (unpaired) electrons. The van der Waals surface area contributed by atoms with E-state index in [1.807, 2.05) is 42.1 Å². The second-order valence-corrected chi connectivity index (χ2v) is 6.65. The van der Waals surface area contributed by atoms with Gasteiger partial charge in [0.15, 0.2) is 0 Å². The number of ether oxygens (including phenoxy) is 1. The third-order valence-corrected chi connectivity index (χ3v) is 3.48. The highest BCUT2D eigenvalue weighted by Gasteiger charge is 2.30. The second kappa shape index (κ2) is 5.48. The molecule has 1 heterocycles. The Morgan fingerprint density at radius 3 is 2.50 bits per heavy atom. The van der Waals surface area contributed by atoms with Crippen molar-refractivity contribution in [2.24, 2.45) is 7.05 Å². The van der Waals surface area contributed by atoms with Crippen molar-refractivity contribution in [1.29, 1.82) is 0 Å². The number of amides is 1. The summed E-state index contributed by atoms with van der Waals surface area (Å²) in [7, 11) is 1.94. The first-order valence-corrected chi connectivity index (χ1v) is 7.18. The van der Waals surface area contributed by atoms with Gasteiger partial charge in [0.25, 0.3) is 0 Å². The molecule has 0 aliphatic rings. The van der Waals surface area contributed by atoms with Crippen LogP contribution in [0.15, 0.2) is 30.5 Å². The summed E-state index contributed by atoms with van der Waals surface area (Å²) in [6, 6.07) is 7.68. The molecule has 1 unspecified atom stereocenters. The molecule has 22 heavy (non-hydrogen) atoms. The molecule has 1 aromatic carbocycles. The first-order chi connectivity index (χ1) is 10.1. The van der Waals surface area contributed by atoms with Crippen LogP contribution in [0.1, 0.15) is 33.3 Å². The van der Waals surface area contributed by atoms with Crippen molar-refractivity contribution in [2.75, 3.05) is 0 Å². The first-order valence-electron chi connectivity index (χ1n) is 7.18. The molecule has 0 fully saturated rings. The lowest BCUT2D eigenvalue weighted by Gasteiger charge is -2.28. The highest BCUT2D eigenvalue weighted by atomic mass is 16.6. The van der Waals surface area contributed by atoms with Crippen LogP contribution < -0.4 is 5.32 Å². The third-order valence-electron chi connectivity index (χ3n) is 3.48. The van der Waals surface area contributed by atoms with Gasteiger partial charge in [-0.1, -0.05) is 12.1 Å². The molecule has 5 nitrogen and oxygen atoms in total. The second-order valence-electron chi connectivity index (χ2n) is 6.65. The van der Waals surface area contributed by atoms with Crippen molar-refractivity contribution in [1.82, 2.24) is 9.88 Å². The average Bonchev–Trinajstić information content (AvgIpc) is 2.77. The Morgan fingerprint density at radius 1 is 1.23 bits per heavy atom. The molecule has 1 aromatic heterocycles. The molecule has 2 rings (SSSR count). The fourth-order valence-corrected chi connectivity index (χ4v) is 2.27. The predicted molar refractivity (Wildman–Crippen MR) is 85.7 cm³/mol. The van der Waals surface area contributed by atoms with Crippen LogP contribution in [0.25, 0.3) is 10.9 Å². The van der Waals surface area contributed by atoms with E-state index in [2.05, 4.69) is 5.32 Å². The number of hydrogen-bond donors (Lipinski definition) is 1. The monoisotopic (exact) mass is 302 g/mol. The van der Waals surface area contributed by atoms with Crippen molar-refractivity contribution < 1.29 is 14.3 Å². The Morgan fingerprint density at radius 2 is 1.91 bits per heavy atom. The largest absolute Gasteiger partial charge is 0.444 e. The first kappa shape index (κ1) is 16.1. The van der Waals surface area contributed by atoms with Gasteiger partial charge in [-0.15, -0.1) is 0 Å². The SMILES string of the molecule is Cn1ccc2ccc(C(C)(C=O)NC(=O)OC(C)(C)C)cc21. The fourth-order valence-electron chi connectivity index (χ4n) is 2.27. The molecule has 0 bridgehead atoms. The molecule has 1 N–H and O–H groups in total. The normalized spacial score (nSPS) is 14.4. The third kappa shape index (κ3) is 3.30. The lowest BCUT2D eigenvalue weighted by molar-refractivity contribution is -0.113. The van der Waals surface area contributed by atoms with E-state index in [0.717, 1.165) is 17.2 Å². The summed E-state index contributed by atoms with van der Waals surface area (Å²) in [6.07, 6.45) is 2.06. The highest BCUT2D eigenvalue weighted by molar-refractivity contribution is 5.84. The fraction of sp³-hybridized carbons (Fsp3) is 0.412. The Kier molecular flexibility index (Phi) is 4.00. The van der Waals surface area contributed by atoms with Gasteiger partial charge in [0.1, 0.15) is 17.4 Å². The minimum atomic E-state index is -1.14. The highest BCUT2D eigenvalue weighted by Crippen LogP contribution is 2.24. The van der Waals surface area contributed by atoms with Crippen LogP contribution >= 0.6 is 0 Å². The number of hydrogen-bond acceptors (Lipinski definition) is 3.